The molecular formula is C40H68O11. The molecule has 0 aromatic rings. The Morgan fingerprint density at radius 1 is 0.863 bits per heavy atom. The zero-order valence-electron chi connectivity index (χ0n) is 32.8. The van der Waals surface area contributed by atoms with E-state index in [9.17, 15) is 20.1 Å². The van der Waals surface area contributed by atoms with Gasteiger partial charge in [-0.25, -0.2) is 0 Å². The van der Waals surface area contributed by atoms with E-state index < -0.39 is 41.3 Å². The van der Waals surface area contributed by atoms with Crippen molar-refractivity contribution in [3.05, 3.63) is 0 Å². The maximum Gasteiger partial charge on any atom is 0.308 e. The minimum atomic E-state index is -1.55. The number of aliphatic hydroxyl groups excluding tert-OH is 1. The molecular weight excluding hydrogens is 656 g/mol. The van der Waals surface area contributed by atoms with Crippen molar-refractivity contribution in [1.29, 1.82) is 0 Å². The summed E-state index contributed by atoms with van der Waals surface area (Å²) in [5.74, 6) is -3.26. The van der Waals surface area contributed by atoms with Crippen LogP contribution in [0.25, 0.3) is 0 Å². The Labute approximate surface area is 305 Å². The van der Waals surface area contributed by atoms with Gasteiger partial charge in [-0.3, -0.25) is 4.79 Å². The molecule has 0 saturated carbocycles. The van der Waals surface area contributed by atoms with E-state index in [1.807, 2.05) is 6.92 Å². The van der Waals surface area contributed by atoms with Crippen molar-refractivity contribution in [2.24, 2.45) is 41.4 Å². The van der Waals surface area contributed by atoms with E-state index in [1.165, 1.54) is 0 Å². The molecule has 6 saturated heterocycles. The smallest absolute Gasteiger partial charge is 0.308 e. The highest BCUT2D eigenvalue weighted by Gasteiger charge is 2.65. The van der Waals surface area contributed by atoms with Gasteiger partial charge in [-0.2, -0.15) is 0 Å². The number of hydrogen-bond acceptors (Lipinski definition) is 10. The maximum atomic E-state index is 11.8. The largest absolute Gasteiger partial charge is 0.481 e. The molecule has 11 heteroatoms. The number of aliphatic carboxylic acids is 1. The monoisotopic (exact) mass is 724 g/mol. The topological polar surface area (TPSA) is 142 Å². The molecule has 6 fully saturated rings. The van der Waals surface area contributed by atoms with E-state index >= 15 is 0 Å². The molecule has 11 nitrogen and oxygen atoms in total. The predicted molar refractivity (Wildman–Crippen MR) is 189 cm³/mol. The molecule has 0 radical (unpaired) electrons. The van der Waals surface area contributed by atoms with Crippen LogP contribution in [0, 0.1) is 41.4 Å². The molecule has 1 spiro atoms. The summed E-state index contributed by atoms with van der Waals surface area (Å²) in [6, 6.07) is 0. The molecule has 7 unspecified atom stereocenters. The molecule has 51 heavy (non-hydrogen) atoms. The maximum absolute atomic E-state index is 11.8. The van der Waals surface area contributed by atoms with E-state index in [0.29, 0.717) is 6.42 Å². The average Bonchev–Trinajstić information content (AvgIpc) is 3.75. The summed E-state index contributed by atoms with van der Waals surface area (Å²) >= 11 is 0. The SMILES string of the molecule is CO[C@@H]1CC(CC2CC[C@@H](C)C([C@H](C)C(=O)O)O2)O[C@]2(O[C@](C)(C3CC[C@@](C)(C4OC(C5O[C@@](O)(CO)[C@H](C)C[C@@H]5C)C[C@H]4C)O3)C[C@H]2C)[C@@H]1C. The molecule has 0 amide bonds. The number of hydrogen-bond donors (Lipinski definition) is 3. The Kier molecular flexibility index (Phi) is 11.4. The Morgan fingerprint density at radius 3 is 2.25 bits per heavy atom. The van der Waals surface area contributed by atoms with Gasteiger partial charge < -0.3 is 48.5 Å². The number of methoxy groups -OCH3 is 1. The highest BCUT2D eigenvalue weighted by atomic mass is 16.7. The molecule has 6 heterocycles. The van der Waals surface area contributed by atoms with Crippen LogP contribution in [-0.2, 0) is 38.0 Å². The number of rotatable bonds is 9. The summed E-state index contributed by atoms with van der Waals surface area (Å²) in [5, 5.41) is 30.7. The van der Waals surface area contributed by atoms with E-state index in [2.05, 4.69) is 48.5 Å². The lowest BCUT2D eigenvalue weighted by molar-refractivity contribution is -0.353. The molecule has 294 valence electrons. The van der Waals surface area contributed by atoms with Crippen molar-refractivity contribution in [1.82, 2.24) is 0 Å². The van der Waals surface area contributed by atoms with Crippen molar-refractivity contribution in [3.8, 4) is 0 Å². The predicted octanol–water partition coefficient (Wildman–Crippen LogP) is 5.71. The fraction of sp³-hybridized carbons (Fsp3) is 0.975. The van der Waals surface area contributed by atoms with E-state index in [0.717, 1.165) is 51.4 Å². The highest BCUT2D eigenvalue weighted by molar-refractivity contribution is 5.70. The van der Waals surface area contributed by atoms with Crippen molar-refractivity contribution >= 4 is 5.97 Å². The molecule has 0 aliphatic carbocycles. The minimum Gasteiger partial charge on any atom is -0.481 e. The van der Waals surface area contributed by atoms with Crippen LogP contribution >= 0.6 is 0 Å². The van der Waals surface area contributed by atoms with Gasteiger partial charge >= 0.3 is 5.97 Å². The van der Waals surface area contributed by atoms with Gasteiger partial charge in [0, 0.05) is 37.7 Å². The summed E-state index contributed by atoms with van der Waals surface area (Å²) < 4.78 is 47.0. The van der Waals surface area contributed by atoms with Crippen LogP contribution in [0.1, 0.15) is 120 Å². The van der Waals surface area contributed by atoms with Crippen LogP contribution in [0.3, 0.4) is 0 Å². The molecule has 0 aromatic carbocycles. The third-order valence-electron chi connectivity index (χ3n) is 14.4. The zero-order valence-corrected chi connectivity index (χ0v) is 32.8. The first-order valence-electron chi connectivity index (χ1n) is 20.0. The second-order valence-electron chi connectivity index (χ2n) is 18.4. The van der Waals surface area contributed by atoms with Gasteiger partial charge in [-0.15, -0.1) is 0 Å². The van der Waals surface area contributed by atoms with Crippen LogP contribution in [0.4, 0.5) is 0 Å². The van der Waals surface area contributed by atoms with Crippen LogP contribution < -0.4 is 0 Å². The van der Waals surface area contributed by atoms with Gasteiger partial charge in [0.05, 0.1) is 72.6 Å². The second kappa shape index (κ2) is 14.6. The van der Waals surface area contributed by atoms with Crippen LogP contribution in [0.2, 0.25) is 0 Å². The van der Waals surface area contributed by atoms with Gasteiger partial charge in [0.1, 0.15) is 0 Å². The third kappa shape index (κ3) is 7.19. The molecule has 6 aliphatic heterocycles. The molecule has 6 aliphatic rings. The highest BCUT2D eigenvalue weighted by Crippen LogP contribution is 2.57. The van der Waals surface area contributed by atoms with Gasteiger partial charge in [-0.05, 0) is 83.5 Å². The van der Waals surface area contributed by atoms with Crippen molar-refractivity contribution in [3.63, 3.8) is 0 Å². The number of carboxylic acid groups (broad SMARTS) is 1. The normalized spacial score (nSPS) is 54.2. The standard InChI is InChI=1S/C40H68O11/c1-21-11-12-28(46-33(21)26(6)36(42)43)17-29-18-30(45-10)27(7)40(48-29)25(5)19-38(9,51-40)32-13-14-37(8,49-32)35-23(3)16-31(47-35)34-22(2)15-24(4)39(44,20-41)50-34/h21-35,41,44H,11-20H2,1-10H3,(H,42,43)/t21-,22+,23-,24-,25-,26+,27-,28?,29?,30-,31?,32?,33?,34?,35?,37+,38+,39+,40-/m1/s1. The lowest BCUT2D eigenvalue weighted by Crippen LogP contribution is -2.58. The number of aliphatic hydroxyl groups is 2. The number of ether oxygens (including phenoxy) is 7. The first kappa shape index (κ1) is 39.8. The van der Waals surface area contributed by atoms with Crippen molar-refractivity contribution in [2.75, 3.05) is 13.7 Å². The fourth-order valence-electron chi connectivity index (χ4n) is 11.3. The third-order valence-corrected chi connectivity index (χ3v) is 14.4. The Balaban J connectivity index is 1.13. The van der Waals surface area contributed by atoms with Crippen LogP contribution in [0.15, 0.2) is 0 Å². The van der Waals surface area contributed by atoms with Gasteiger partial charge in [-0.1, -0.05) is 41.5 Å². The van der Waals surface area contributed by atoms with Crippen molar-refractivity contribution < 1.29 is 53.3 Å². The molecule has 19 atom stereocenters. The number of carboxylic acids is 1. The molecule has 0 bridgehead atoms. The van der Waals surface area contributed by atoms with E-state index in [4.69, 9.17) is 33.2 Å². The Bertz CT molecular complexity index is 1230. The summed E-state index contributed by atoms with van der Waals surface area (Å²) in [6.45, 7) is 18.4. The lowest BCUT2D eigenvalue weighted by Gasteiger charge is -2.50. The fourth-order valence-corrected chi connectivity index (χ4v) is 11.3. The summed E-state index contributed by atoms with van der Waals surface area (Å²) in [6.07, 6.45) is 5.85. The molecule has 6 rings (SSSR count). The summed E-state index contributed by atoms with van der Waals surface area (Å²) in [7, 11) is 1.77. The molecule has 3 N–H and O–H groups in total. The second-order valence-corrected chi connectivity index (χ2v) is 18.4. The van der Waals surface area contributed by atoms with Crippen LogP contribution in [-0.4, -0.2) is 107 Å². The lowest BCUT2D eigenvalue weighted by atomic mass is 9.78. The summed E-state index contributed by atoms with van der Waals surface area (Å²) in [5.41, 5.74) is -1.10. The molecule has 0 aromatic heterocycles. The first-order chi connectivity index (χ1) is 23.9. The Morgan fingerprint density at radius 2 is 1.59 bits per heavy atom. The first-order valence-corrected chi connectivity index (χ1v) is 20.0. The summed E-state index contributed by atoms with van der Waals surface area (Å²) in [4.78, 5) is 11.8. The van der Waals surface area contributed by atoms with E-state index in [-0.39, 0.29) is 84.3 Å². The van der Waals surface area contributed by atoms with Crippen LogP contribution in [0.5, 0.6) is 0 Å². The van der Waals surface area contributed by atoms with Gasteiger partial charge in [0.2, 0.25) is 0 Å². The minimum absolute atomic E-state index is 0.00727. The van der Waals surface area contributed by atoms with Gasteiger partial charge in [0.15, 0.2) is 11.6 Å². The van der Waals surface area contributed by atoms with E-state index in [1.54, 1.807) is 14.0 Å². The zero-order chi connectivity index (χ0) is 37.3. The van der Waals surface area contributed by atoms with Gasteiger partial charge in [0.25, 0.3) is 0 Å². The Hall–Kier alpha value is -0.890. The average molecular weight is 725 g/mol. The van der Waals surface area contributed by atoms with Crippen molar-refractivity contribution in [2.45, 2.75) is 192 Å². The number of carbonyl (C=O) groups is 1. The quantitative estimate of drug-likeness (QED) is 0.269.